The van der Waals surface area contributed by atoms with Crippen molar-refractivity contribution >= 4 is 11.9 Å². The SMILES string of the molecule is Cc1cc(C(=O)N(C)C2COCC2C(=O)O)c(C)nn1. The number of hydrogen-bond acceptors (Lipinski definition) is 5. The Labute approximate surface area is 116 Å². The lowest BCUT2D eigenvalue weighted by atomic mass is 10.0. The summed E-state index contributed by atoms with van der Waals surface area (Å²) in [4.78, 5) is 25.1. The Morgan fingerprint density at radius 1 is 1.35 bits per heavy atom. The van der Waals surface area contributed by atoms with E-state index in [1.54, 1.807) is 27.0 Å². The molecule has 2 atom stereocenters. The molecule has 0 bridgehead atoms. The molecule has 1 fully saturated rings. The minimum absolute atomic E-state index is 0.129. The number of rotatable bonds is 3. The number of likely N-dealkylation sites (N-methyl/N-ethyl adjacent to an activating group) is 1. The number of carbonyl (C=O) groups excluding carboxylic acids is 1. The van der Waals surface area contributed by atoms with Crippen molar-refractivity contribution in [2.45, 2.75) is 19.9 Å². The lowest BCUT2D eigenvalue weighted by Crippen LogP contribution is -2.44. The Kier molecular flexibility index (Phi) is 3.99. The van der Waals surface area contributed by atoms with Crippen molar-refractivity contribution in [2.75, 3.05) is 20.3 Å². The van der Waals surface area contributed by atoms with Gasteiger partial charge in [0.1, 0.15) is 5.92 Å². The van der Waals surface area contributed by atoms with E-state index in [0.717, 1.165) is 0 Å². The number of amides is 1. The number of carbonyl (C=O) groups is 2. The fourth-order valence-electron chi connectivity index (χ4n) is 2.27. The molecule has 7 nitrogen and oxygen atoms in total. The van der Waals surface area contributed by atoms with Crippen molar-refractivity contribution in [1.82, 2.24) is 15.1 Å². The highest BCUT2D eigenvalue weighted by Crippen LogP contribution is 2.21. The molecule has 0 aliphatic carbocycles. The first-order valence-corrected chi connectivity index (χ1v) is 6.30. The highest BCUT2D eigenvalue weighted by Gasteiger charge is 2.39. The molecule has 1 saturated heterocycles. The summed E-state index contributed by atoms with van der Waals surface area (Å²) in [5, 5.41) is 16.9. The molecule has 2 unspecified atom stereocenters. The number of aromatic nitrogens is 2. The standard InChI is InChI=1S/C13H17N3O4/c1-7-4-9(8(2)15-14-7)12(17)16(3)11-6-20-5-10(11)13(18)19/h4,10-11H,5-6H2,1-3H3,(H,18,19). The van der Waals surface area contributed by atoms with Crippen LogP contribution in [0, 0.1) is 19.8 Å². The molecule has 0 radical (unpaired) electrons. The van der Waals surface area contributed by atoms with Crippen LogP contribution in [0.1, 0.15) is 21.7 Å². The molecule has 7 heteroatoms. The number of aliphatic carboxylic acids is 1. The van der Waals surface area contributed by atoms with Gasteiger partial charge in [-0.3, -0.25) is 9.59 Å². The highest BCUT2D eigenvalue weighted by molar-refractivity contribution is 5.95. The van der Waals surface area contributed by atoms with Gasteiger partial charge in [0, 0.05) is 7.05 Å². The largest absolute Gasteiger partial charge is 0.481 e. The number of hydrogen-bond donors (Lipinski definition) is 1. The van der Waals surface area contributed by atoms with E-state index in [1.165, 1.54) is 4.90 Å². The van der Waals surface area contributed by atoms with Crippen LogP contribution < -0.4 is 0 Å². The quantitative estimate of drug-likeness (QED) is 0.853. The lowest BCUT2D eigenvalue weighted by molar-refractivity contribution is -0.142. The summed E-state index contributed by atoms with van der Waals surface area (Å²) in [6.45, 7) is 3.81. The van der Waals surface area contributed by atoms with Crippen LogP contribution >= 0.6 is 0 Å². The van der Waals surface area contributed by atoms with Crippen molar-refractivity contribution in [3.63, 3.8) is 0 Å². The van der Waals surface area contributed by atoms with E-state index < -0.39 is 17.9 Å². The van der Waals surface area contributed by atoms with E-state index in [1.807, 2.05) is 0 Å². The number of aryl methyl sites for hydroxylation is 2. The van der Waals surface area contributed by atoms with Crippen LogP contribution in [0.2, 0.25) is 0 Å². The maximum absolute atomic E-state index is 12.5. The van der Waals surface area contributed by atoms with Crippen LogP contribution in [0.4, 0.5) is 0 Å². The normalized spacial score (nSPS) is 21.8. The zero-order valence-electron chi connectivity index (χ0n) is 11.7. The van der Waals surface area contributed by atoms with Crippen molar-refractivity contribution in [2.24, 2.45) is 5.92 Å². The molecule has 0 spiro atoms. The third kappa shape index (κ3) is 2.62. The van der Waals surface area contributed by atoms with Gasteiger partial charge in [0.25, 0.3) is 5.91 Å². The van der Waals surface area contributed by atoms with Crippen molar-refractivity contribution in [1.29, 1.82) is 0 Å². The number of carboxylic acid groups (broad SMARTS) is 1. The van der Waals surface area contributed by atoms with Crippen LogP contribution in [0.15, 0.2) is 6.07 Å². The number of ether oxygens (including phenoxy) is 1. The molecule has 1 aromatic heterocycles. The smallest absolute Gasteiger partial charge is 0.311 e. The zero-order valence-corrected chi connectivity index (χ0v) is 11.7. The van der Waals surface area contributed by atoms with Gasteiger partial charge < -0.3 is 14.7 Å². The second kappa shape index (κ2) is 5.54. The predicted octanol–water partition coefficient (Wildman–Crippen LogP) is 0.265. The van der Waals surface area contributed by atoms with Gasteiger partial charge in [0.2, 0.25) is 0 Å². The Bertz CT molecular complexity index is 546. The maximum atomic E-state index is 12.5. The van der Waals surface area contributed by atoms with Crippen LogP contribution in [-0.2, 0) is 9.53 Å². The summed E-state index contributed by atoms with van der Waals surface area (Å²) in [6, 6.07) is 1.19. The van der Waals surface area contributed by atoms with Crippen molar-refractivity contribution in [3.05, 3.63) is 23.0 Å². The van der Waals surface area contributed by atoms with Gasteiger partial charge >= 0.3 is 5.97 Å². The van der Waals surface area contributed by atoms with E-state index in [4.69, 9.17) is 9.84 Å². The molecule has 0 saturated carbocycles. The van der Waals surface area contributed by atoms with E-state index in [0.29, 0.717) is 17.0 Å². The minimum Gasteiger partial charge on any atom is -0.481 e. The summed E-state index contributed by atoms with van der Waals surface area (Å²) in [5.74, 6) is -1.91. The second-order valence-corrected chi connectivity index (χ2v) is 4.95. The molecule has 0 aromatic carbocycles. The summed E-state index contributed by atoms with van der Waals surface area (Å²) in [6.07, 6.45) is 0. The average Bonchev–Trinajstić information content (AvgIpc) is 2.89. The summed E-state index contributed by atoms with van der Waals surface area (Å²) < 4.78 is 5.19. The van der Waals surface area contributed by atoms with Gasteiger partial charge in [0.05, 0.1) is 36.2 Å². The number of nitrogens with zero attached hydrogens (tertiary/aromatic N) is 3. The first-order valence-electron chi connectivity index (χ1n) is 6.30. The van der Waals surface area contributed by atoms with Gasteiger partial charge in [-0.15, -0.1) is 0 Å². The minimum atomic E-state index is -0.951. The Balaban J connectivity index is 2.24. The molecular weight excluding hydrogens is 262 g/mol. The molecule has 1 aromatic rings. The van der Waals surface area contributed by atoms with E-state index in [-0.39, 0.29) is 19.1 Å². The van der Waals surface area contributed by atoms with E-state index >= 15 is 0 Å². The van der Waals surface area contributed by atoms with Crippen molar-refractivity contribution in [3.8, 4) is 0 Å². The first-order chi connectivity index (χ1) is 9.41. The van der Waals surface area contributed by atoms with Gasteiger partial charge in [-0.2, -0.15) is 10.2 Å². The monoisotopic (exact) mass is 279 g/mol. The number of carboxylic acids is 1. The van der Waals surface area contributed by atoms with Crippen LogP contribution in [0.25, 0.3) is 0 Å². The Hall–Kier alpha value is -2.02. The van der Waals surface area contributed by atoms with Gasteiger partial charge in [0.15, 0.2) is 0 Å². The Morgan fingerprint density at radius 2 is 2.05 bits per heavy atom. The molecule has 20 heavy (non-hydrogen) atoms. The zero-order chi connectivity index (χ0) is 14.9. The van der Waals surface area contributed by atoms with Gasteiger partial charge in [-0.1, -0.05) is 0 Å². The van der Waals surface area contributed by atoms with Crippen LogP contribution in [-0.4, -0.2) is 58.4 Å². The lowest BCUT2D eigenvalue weighted by Gasteiger charge is -2.26. The van der Waals surface area contributed by atoms with E-state index in [2.05, 4.69) is 10.2 Å². The predicted molar refractivity (Wildman–Crippen MR) is 69.3 cm³/mol. The molecule has 1 aliphatic rings. The van der Waals surface area contributed by atoms with Gasteiger partial charge in [-0.05, 0) is 19.9 Å². The molecule has 1 aliphatic heterocycles. The third-order valence-electron chi connectivity index (χ3n) is 3.52. The fraction of sp³-hybridized carbons (Fsp3) is 0.538. The fourth-order valence-corrected chi connectivity index (χ4v) is 2.27. The molecular formula is C13H17N3O4. The Morgan fingerprint density at radius 3 is 2.70 bits per heavy atom. The summed E-state index contributed by atoms with van der Waals surface area (Å²) >= 11 is 0. The third-order valence-corrected chi connectivity index (χ3v) is 3.52. The van der Waals surface area contributed by atoms with Crippen LogP contribution in [0.5, 0.6) is 0 Å². The van der Waals surface area contributed by atoms with Gasteiger partial charge in [-0.25, -0.2) is 0 Å². The molecule has 108 valence electrons. The molecule has 1 N–H and O–H groups in total. The van der Waals surface area contributed by atoms with Crippen molar-refractivity contribution < 1.29 is 19.4 Å². The van der Waals surface area contributed by atoms with Crippen LogP contribution in [0.3, 0.4) is 0 Å². The summed E-state index contributed by atoms with van der Waals surface area (Å²) in [7, 11) is 1.59. The summed E-state index contributed by atoms with van der Waals surface area (Å²) in [5.41, 5.74) is 1.61. The molecule has 2 rings (SSSR count). The average molecular weight is 279 g/mol. The highest BCUT2D eigenvalue weighted by atomic mass is 16.5. The first kappa shape index (κ1) is 14.4. The second-order valence-electron chi connectivity index (χ2n) is 4.95. The maximum Gasteiger partial charge on any atom is 0.311 e. The van der Waals surface area contributed by atoms with E-state index in [9.17, 15) is 9.59 Å². The molecule has 2 heterocycles. The molecule has 1 amide bonds. The topological polar surface area (TPSA) is 92.6 Å².